The molecule has 12 nitrogen and oxygen atoms in total. The average molecular weight is 468 g/mol. The monoisotopic (exact) mass is 468 g/mol. The summed E-state index contributed by atoms with van der Waals surface area (Å²) >= 11 is 0. The van der Waals surface area contributed by atoms with Gasteiger partial charge >= 0.3 is 0 Å². The molecule has 7 atom stereocenters. The van der Waals surface area contributed by atoms with Gasteiger partial charge in [-0.3, -0.25) is 0 Å². The van der Waals surface area contributed by atoms with Gasteiger partial charge in [-0.05, 0) is 17.7 Å². The Morgan fingerprint density at radius 3 is 2.24 bits per heavy atom. The van der Waals surface area contributed by atoms with Crippen LogP contribution in [0, 0.1) is 0 Å². The SMILES string of the molecule is OC[C@H]1O[C@@H](Oc2c(O)cc(O)c3c2O[C@H](c2ccc(O)c(O)c2)[C@H](O)C3)[C@H](O)[C@@H](O)[C@H]1O. The molecule has 0 aliphatic carbocycles. The van der Waals surface area contributed by atoms with E-state index in [1.54, 1.807) is 0 Å². The molecule has 0 bridgehead atoms. The van der Waals surface area contributed by atoms with Crippen LogP contribution in [0.15, 0.2) is 24.3 Å². The minimum Gasteiger partial charge on any atom is -0.507 e. The standard InChI is InChI=1S/C21H24O12/c22-6-14-15(28)16(29)17(30)21(31-14)33-20-13(27)5-10(24)8-4-12(26)18(32-19(8)20)7-1-2-9(23)11(25)3-7/h1-3,5,12,14-18,21-30H,4,6H2/t12-,14-,15+,16+,17-,18-,21+/m1/s1. The Bertz CT molecular complexity index is 1020. The molecule has 2 aromatic rings. The molecule has 0 radical (unpaired) electrons. The van der Waals surface area contributed by atoms with Crippen molar-refractivity contribution in [2.75, 3.05) is 6.61 Å². The highest BCUT2D eigenvalue weighted by Gasteiger charge is 2.46. The number of ether oxygens (including phenoxy) is 3. The van der Waals surface area contributed by atoms with Crippen LogP contribution in [0.25, 0.3) is 0 Å². The van der Waals surface area contributed by atoms with Crippen molar-refractivity contribution in [2.24, 2.45) is 0 Å². The molecule has 4 rings (SSSR count). The van der Waals surface area contributed by atoms with Gasteiger partial charge in [-0.1, -0.05) is 6.07 Å². The fourth-order valence-corrected chi connectivity index (χ4v) is 3.90. The molecule has 12 heteroatoms. The summed E-state index contributed by atoms with van der Waals surface area (Å²) in [6, 6.07) is 4.70. The first-order valence-corrected chi connectivity index (χ1v) is 10.0. The zero-order valence-corrected chi connectivity index (χ0v) is 17.0. The van der Waals surface area contributed by atoms with Crippen LogP contribution in [0.3, 0.4) is 0 Å². The van der Waals surface area contributed by atoms with Gasteiger partial charge in [0.25, 0.3) is 0 Å². The Kier molecular flexibility index (Phi) is 6.14. The van der Waals surface area contributed by atoms with E-state index < -0.39 is 72.5 Å². The van der Waals surface area contributed by atoms with Crippen LogP contribution >= 0.6 is 0 Å². The van der Waals surface area contributed by atoms with Crippen molar-refractivity contribution in [2.45, 2.75) is 49.3 Å². The van der Waals surface area contributed by atoms with Crippen LogP contribution in [0.2, 0.25) is 0 Å². The first kappa shape index (κ1) is 23.2. The first-order chi connectivity index (χ1) is 15.6. The molecule has 180 valence electrons. The molecule has 1 fully saturated rings. The second kappa shape index (κ2) is 8.74. The number of aliphatic hydroxyl groups is 5. The van der Waals surface area contributed by atoms with Crippen molar-refractivity contribution in [1.29, 1.82) is 0 Å². The third-order valence-electron chi connectivity index (χ3n) is 5.71. The fourth-order valence-electron chi connectivity index (χ4n) is 3.90. The lowest BCUT2D eigenvalue weighted by Gasteiger charge is -2.40. The number of hydrogen-bond acceptors (Lipinski definition) is 12. The molecular formula is C21H24O12. The molecular weight excluding hydrogens is 444 g/mol. The van der Waals surface area contributed by atoms with E-state index in [0.717, 1.165) is 6.07 Å². The largest absolute Gasteiger partial charge is 0.507 e. The predicted molar refractivity (Wildman–Crippen MR) is 107 cm³/mol. The summed E-state index contributed by atoms with van der Waals surface area (Å²) in [6.45, 7) is -0.695. The van der Waals surface area contributed by atoms with Crippen LogP contribution in [0.5, 0.6) is 34.5 Å². The zero-order chi connectivity index (χ0) is 24.0. The van der Waals surface area contributed by atoms with E-state index >= 15 is 0 Å². The summed E-state index contributed by atoms with van der Waals surface area (Å²) in [5.74, 6) is -2.46. The van der Waals surface area contributed by atoms with Gasteiger partial charge in [0.2, 0.25) is 12.0 Å². The maximum Gasteiger partial charge on any atom is 0.229 e. The first-order valence-electron chi connectivity index (χ1n) is 10.0. The lowest BCUT2D eigenvalue weighted by Crippen LogP contribution is -2.60. The van der Waals surface area contributed by atoms with Gasteiger partial charge in [0, 0.05) is 18.1 Å². The Labute approximate surface area is 186 Å². The van der Waals surface area contributed by atoms with Crippen LogP contribution in [0.4, 0.5) is 0 Å². The van der Waals surface area contributed by atoms with E-state index in [2.05, 4.69) is 0 Å². The van der Waals surface area contributed by atoms with Crippen molar-refractivity contribution in [3.8, 4) is 34.5 Å². The van der Waals surface area contributed by atoms with Crippen LogP contribution < -0.4 is 9.47 Å². The number of phenols is 4. The molecule has 1 saturated heterocycles. The number of hydrogen-bond donors (Lipinski definition) is 9. The molecule has 9 N–H and O–H groups in total. The number of phenolic OH excluding ortho intramolecular Hbond substituents is 4. The summed E-state index contributed by atoms with van der Waals surface area (Å²) in [5.41, 5.74) is 0.337. The van der Waals surface area contributed by atoms with Crippen molar-refractivity contribution < 1.29 is 60.2 Å². The highest BCUT2D eigenvalue weighted by Crippen LogP contribution is 2.51. The van der Waals surface area contributed by atoms with Gasteiger partial charge in [-0.15, -0.1) is 0 Å². The molecule has 33 heavy (non-hydrogen) atoms. The number of rotatable bonds is 4. The second-order valence-corrected chi connectivity index (χ2v) is 7.92. The summed E-state index contributed by atoms with van der Waals surface area (Å²) in [4.78, 5) is 0. The third kappa shape index (κ3) is 4.08. The topological polar surface area (TPSA) is 210 Å². The van der Waals surface area contributed by atoms with Crippen molar-refractivity contribution in [1.82, 2.24) is 0 Å². The smallest absolute Gasteiger partial charge is 0.229 e. The summed E-state index contributed by atoms with van der Waals surface area (Å²) in [7, 11) is 0. The lowest BCUT2D eigenvalue weighted by atomic mass is 9.93. The quantitative estimate of drug-likeness (QED) is 0.240. The Morgan fingerprint density at radius 2 is 1.58 bits per heavy atom. The highest BCUT2D eigenvalue weighted by atomic mass is 16.7. The average Bonchev–Trinajstić information content (AvgIpc) is 2.78. The van der Waals surface area contributed by atoms with Gasteiger partial charge in [0.05, 0.1) is 12.7 Å². The molecule has 0 amide bonds. The molecule has 0 spiro atoms. The number of aliphatic hydroxyl groups excluding tert-OH is 5. The van der Waals surface area contributed by atoms with E-state index in [1.807, 2.05) is 0 Å². The maximum atomic E-state index is 10.6. The van der Waals surface area contributed by atoms with Crippen LogP contribution in [0.1, 0.15) is 17.2 Å². The van der Waals surface area contributed by atoms with Crippen molar-refractivity contribution >= 4 is 0 Å². The molecule has 0 saturated carbocycles. The summed E-state index contributed by atoms with van der Waals surface area (Å²) < 4.78 is 16.7. The van der Waals surface area contributed by atoms with Gasteiger partial charge in [-0.2, -0.15) is 0 Å². The van der Waals surface area contributed by atoms with Crippen LogP contribution in [-0.4, -0.2) is 89.4 Å². The van der Waals surface area contributed by atoms with E-state index in [4.69, 9.17) is 14.2 Å². The number of fused-ring (bicyclic) bond motifs is 1. The molecule has 2 aliphatic heterocycles. The molecule has 2 aromatic carbocycles. The molecule has 0 aromatic heterocycles. The lowest BCUT2D eigenvalue weighted by molar-refractivity contribution is -0.278. The zero-order valence-electron chi connectivity index (χ0n) is 17.0. The normalized spacial score (nSPS) is 31.5. The maximum absolute atomic E-state index is 10.6. The Balaban J connectivity index is 1.70. The summed E-state index contributed by atoms with van der Waals surface area (Å²) in [5, 5.41) is 90.1. The van der Waals surface area contributed by atoms with E-state index in [1.165, 1.54) is 18.2 Å². The van der Waals surface area contributed by atoms with Crippen molar-refractivity contribution in [3.05, 3.63) is 35.4 Å². The van der Waals surface area contributed by atoms with Gasteiger partial charge in [0.1, 0.15) is 30.2 Å². The highest BCUT2D eigenvalue weighted by molar-refractivity contribution is 5.62. The molecule has 2 aliphatic rings. The summed E-state index contributed by atoms with van der Waals surface area (Å²) in [6.07, 6.45) is -10.5. The van der Waals surface area contributed by atoms with Crippen molar-refractivity contribution in [3.63, 3.8) is 0 Å². The molecule has 2 heterocycles. The van der Waals surface area contributed by atoms with E-state index in [-0.39, 0.29) is 29.0 Å². The fraction of sp³-hybridized carbons (Fsp3) is 0.429. The van der Waals surface area contributed by atoms with Gasteiger partial charge in [-0.25, -0.2) is 0 Å². The van der Waals surface area contributed by atoms with Crippen LogP contribution in [-0.2, 0) is 11.2 Å². The Hall–Kier alpha value is -3.00. The predicted octanol–water partition coefficient (Wildman–Crippen LogP) is -1.28. The van der Waals surface area contributed by atoms with Gasteiger partial charge < -0.3 is 60.2 Å². The van der Waals surface area contributed by atoms with E-state index in [0.29, 0.717) is 0 Å². The minimum atomic E-state index is -1.77. The number of benzene rings is 2. The van der Waals surface area contributed by atoms with E-state index in [9.17, 15) is 46.0 Å². The minimum absolute atomic E-state index is 0.0686. The second-order valence-electron chi connectivity index (χ2n) is 7.92. The van der Waals surface area contributed by atoms with Gasteiger partial charge in [0.15, 0.2) is 29.1 Å². The Morgan fingerprint density at radius 1 is 0.848 bits per heavy atom. The third-order valence-corrected chi connectivity index (χ3v) is 5.71. The number of aromatic hydroxyl groups is 4. The molecule has 0 unspecified atom stereocenters.